The van der Waals surface area contributed by atoms with Crippen LogP contribution >= 0.6 is 0 Å². The van der Waals surface area contributed by atoms with Gasteiger partial charge in [0.05, 0.1) is 7.11 Å². The second kappa shape index (κ2) is 5.77. The summed E-state index contributed by atoms with van der Waals surface area (Å²) in [6.45, 7) is 0.245. The van der Waals surface area contributed by atoms with Gasteiger partial charge in [-0.1, -0.05) is 0 Å². The van der Waals surface area contributed by atoms with Gasteiger partial charge in [-0.25, -0.2) is 9.97 Å². The molecular formula is C13H12N2O3. The Kier molecular flexibility index (Phi) is 3.86. The van der Waals surface area contributed by atoms with Crippen molar-refractivity contribution in [3.63, 3.8) is 0 Å². The molecule has 1 aromatic carbocycles. The highest BCUT2D eigenvalue weighted by molar-refractivity contribution is 5.75. The molecule has 0 bridgehead atoms. The largest absolute Gasteiger partial charge is 0.496 e. The van der Waals surface area contributed by atoms with Gasteiger partial charge in [0.2, 0.25) is 0 Å². The zero-order chi connectivity index (χ0) is 12.8. The highest BCUT2D eigenvalue weighted by atomic mass is 16.5. The fourth-order valence-electron chi connectivity index (χ4n) is 1.49. The van der Waals surface area contributed by atoms with Crippen molar-refractivity contribution in [1.82, 2.24) is 9.97 Å². The Labute approximate surface area is 104 Å². The highest BCUT2D eigenvalue weighted by Gasteiger charge is 2.06. The summed E-state index contributed by atoms with van der Waals surface area (Å²) in [5.74, 6) is 0.663. The summed E-state index contributed by atoms with van der Waals surface area (Å²) < 4.78 is 10.6. The maximum atomic E-state index is 10.7. The SMILES string of the molecule is COc1ccc(C=O)cc1COc1ncccn1. The van der Waals surface area contributed by atoms with Crippen LogP contribution in [0.4, 0.5) is 0 Å². The lowest BCUT2D eigenvalue weighted by Gasteiger charge is -2.09. The fraction of sp³-hybridized carbons (Fsp3) is 0.154. The van der Waals surface area contributed by atoms with E-state index in [9.17, 15) is 4.79 Å². The Morgan fingerprint density at radius 2 is 2.06 bits per heavy atom. The maximum Gasteiger partial charge on any atom is 0.316 e. The highest BCUT2D eigenvalue weighted by Crippen LogP contribution is 2.20. The van der Waals surface area contributed by atoms with Gasteiger partial charge < -0.3 is 9.47 Å². The molecule has 5 heteroatoms. The molecule has 0 radical (unpaired) electrons. The minimum atomic E-state index is 0.245. The van der Waals surface area contributed by atoms with E-state index < -0.39 is 0 Å². The monoisotopic (exact) mass is 244 g/mol. The number of rotatable bonds is 5. The van der Waals surface area contributed by atoms with E-state index in [1.54, 1.807) is 43.8 Å². The van der Waals surface area contributed by atoms with Crippen LogP contribution in [-0.2, 0) is 6.61 Å². The number of hydrogen-bond donors (Lipinski definition) is 0. The maximum absolute atomic E-state index is 10.7. The smallest absolute Gasteiger partial charge is 0.316 e. The van der Waals surface area contributed by atoms with Gasteiger partial charge in [0.15, 0.2) is 0 Å². The van der Waals surface area contributed by atoms with Crippen molar-refractivity contribution >= 4 is 6.29 Å². The molecule has 0 spiro atoms. The van der Waals surface area contributed by atoms with Crippen molar-refractivity contribution in [2.24, 2.45) is 0 Å². The van der Waals surface area contributed by atoms with Gasteiger partial charge in [0, 0.05) is 23.5 Å². The molecule has 1 aromatic heterocycles. The van der Waals surface area contributed by atoms with Crippen LogP contribution in [0, 0.1) is 0 Å². The third-order valence-electron chi connectivity index (χ3n) is 2.34. The van der Waals surface area contributed by atoms with Gasteiger partial charge >= 0.3 is 6.01 Å². The Hall–Kier alpha value is -2.43. The van der Waals surface area contributed by atoms with E-state index in [-0.39, 0.29) is 12.6 Å². The first-order valence-corrected chi connectivity index (χ1v) is 5.35. The van der Waals surface area contributed by atoms with Crippen molar-refractivity contribution in [2.75, 3.05) is 7.11 Å². The third-order valence-corrected chi connectivity index (χ3v) is 2.34. The standard InChI is InChI=1S/C13H12N2O3/c1-17-12-4-3-10(8-16)7-11(12)9-18-13-14-5-2-6-15-13/h2-8H,9H2,1H3. The number of carbonyl (C=O) groups is 1. The van der Waals surface area contributed by atoms with Crippen molar-refractivity contribution in [1.29, 1.82) is 0 Å². The number of aldehydes is 1. The predicted molar refractivity (Wildman–Crippen MR) is 64.7 cm³/mol. The molecule has 0 atom stereocenters. The number of carbonyl (C=O) groups excluding carboxylic acids is 1. The van der Waals surface area contributed by atoms with Crippen molar-refractivity contribution in [2.45, 2.75) is 6.61 Å². The summed E-state index contributed by atoms with van der Waals surface area (Å²) in [5, 5.41) is 0. The van der Waals surface area contributed by atoms with Crippen LogP contribution in [0.1, 0.15) is 15.9 Å². The van der Waals surface area contributed by atoms with E-state index >= 15 is 0 Å². The van der Waals surface area contributed by atoms with E-state index in [4.69, 9.17) is 9.47 Å². The third kappa shape index (κ3) is 2.82. The predicted octanol–water partition coefficient (Wildman–Crippen LogP) is 1.88. The quantitative estimate of drug-likeness (QED) is 0.751. The fourth-order valence-corrected chi connectivity index (χ4v) is 1.49. The van der Waals surface area contributed by atoms with Crippen molar-refractivity contribution in [3.05, 3.63) is 47.8 Å². The molecule has 0 saturated heterocycles. The van der Waals surface area contributed by atoms with E-state index in [1.807, 2.05) is 0 Å². The molecule has 0 saturated carbocycles. The zero-order valence-electron chi connectivity index (χ0n) is 9.87. The molecule has 2 rings (SSSR count). The molecule has 0 aliphatic carbocycles. The molecule has 0 aliphatic heterocycles. The molecule has 0 unspecified atom stereocenters. The number of nitrogens with zero attached hydrogens (tertiary/aromatic N) is 2. The first kappa shape index (κ1) is 12.0. The summed E-state index contributed by atoms with van der Waals surface area (Å²) in [6.07, 6.45) is 3.98. The molecule has 0 fully saturated rings. The van der Waals surface area contributed by atoms with Crippen LogP contribution in [0.3, 0.4) is 0 Å². The Balaban J connectivity index is 2.15. The summed E-state index contributed by atoms with van der Waals surface area (Å²) in [7, 11) is 1.57. The summed E-state index contributed by atoms with van der Waals surface area (Å²) in [4.78, 5) is 18.6. The minimum absolute atomic E-state index is 0.245. The summed E-state index contributed by atoms with van der Waals surface area (Å²) >= 11 is 0. The molecule has 92 valence electrons. The number of methoxy groups -OCH3 is 1. The van der Waals surface area contributed by atoms with Crippen molar-refractivity contribution in [3.8, 4) is 11.8 Å². The normalized spacial score (nSPS) is 9.83. The Bertz CT molecular complexity index is 529. The van der Waals surface area contributed by atoms with Crippen LogP contribution < -0.4 is 9.47 Å². The minimum Gasteiger partial charge on any atom is -0.496 e. The van der Waals surface area contributed by atoms with Gasteiger partial charge in [-0.15, -0.1) is 0 Å². The number of aromatic nitrogens is 2. The summed E-state index contributed by atoms with van der Waals surface area (Å²) in [6, 6.07) is 7.13. The van der Waals surface area contributed by atoms with Gasteiger partial charge in [-0.05, 0) is 24.3 Å². The molecule has 0 N–H and O–H groups in total. The van der Waals surface area contributed by atoms with E-state index in [1.165, 1.54) is 0 Å². The van der Waals surface area contributed by atoms with E-state index in [0.29, 0.717) is 11.3 Å². The second-order valence-electron chi connectivity index (χ2n) is 3.51. The first-order valence-electron chi connectivity index (χ1n) is 5.35. The van der Waals surface area contributed by atoms with Crippen LogP contribution in [0.2, 0.25) is 0 Å². The lowest BCUT2D eigenvalue weighted by atomic mass is 10.1. The van der Waals surface area contributed by atoms with Crippen LogP contribution in [0.5, 0.6) is 11.8 Å². The first-order chi connectivity index (χ1) is 8.83. The average Bonchev–Trinajstić information content (AvgIpc) is 2.45. The number of ether oxygens (including phenoxy) is 2. The van der Waals surface area contributed by atoms with Crippen LogP contribution in [0.25, 0.3) is 0 Å². The van der Waals surface area contributed by atoms with E-state index in [0.717, 1.165) is 11.8 Å². The molecule has 1 heterocycles. The van der Waals surface area contributed by atoms with Gasteiger partial charge in [0.1, 0.15) is 18.6 Å². The van der Waals surface area contributed by atoms with Crippen LogP contribution in [-0.4, -0.2) is 23.4 Å². The summed E-state index contributed by atoms with van der Waals surface area (Å²) in [5.41, 5.74) is 1.35. The Morgan fingerprint density at radius 1 is 1.28 bits per heavy atom. The molecule has 18 heavy (non-hydrogen) atoms. The topological polar surface area (TPSA) is 61.3 Å². The van der Waals surface area contributed by atoms with Crippen molar-refractivity contribution < 1.29 is 14.3 Å². The molecule has 0 amide bonds. The van der Waals surface area contributed by atoms with E-state index in [2.05, 4.69) is 9.97 Å². The second-order valence-corrected chi connectivity index (χ2v) is 3.51. The zero-order valence-corrected chi connectivity index (χ0v) is 9.87. The molecular weight excluding hydrogens is 232 g/mol. The number of benzene rings is 1. The lowest BCUT2D eigenvalue weighted by molar-refractivity contribution is 0.112. The van der Waals surface area contributed by atoms with Gasteiger partial charge in [-0.2, -0.15) is 0 Å². The van der Waals surface area contributed by atoms with Gasteiger partial charge in [0.25, 0.3) is 0 Å². The lowest BCUT2D eigenvalue weighted by Crippen LogP contribution is -2.02. The molecule has 0 aliphatic rings. The molecule has 2 aromatic rings. The number of hydrogen-bond acceptors (Lipinski definition) is 5. The molecule has 5 nitrogen and oxygen atoms in total. The van der Waals surface area contributed by atoms with Crippen LogP contribution in [0.15, 0.2) is 36.7 Å². The van der Waals surface area contributed by atoms with Gasteiger partial charge in [-0.3, -0.25) is 4.79 Å². The average molecular weight is 244 g/mol. The Morgan fingerprint density at radius 3 is 2.72 bits per heavy atom.